The topological polar surface area (TPSA) is 101 Å². The first kappa shape index (κ1) is 17.2. The highest BCUT2D eigenvalue weighted by atomic mass is 32.1. The van der Waals surface area contributed by atoms with Crippen LogP contribution in [0, 0.1) is 12.8 Å². The fourth-order valence-corrected chi connectivity index (χ4v) is 4.08. The van der Waals surface area contributed by atoms with Gasteiger partial charge in [-0.25, -0.2) is 0 Å². The smallest absolute Gasteiger partial charge is 0.252 e. The number of benzene rings is 1. The average Bonchev–Trinajstić information content (AvgIpc) is 2.92. The van der Waals surface area contributed by atoms with Gasteiger partial charge in [0.05, 0.1) is 11.5 Å². The van der Waals surface area contributed by atoms with Gasteiger partial charge in [-0.15, -0.1) is 11.3 Å². The van der Waals surface area contributed by atoms with Gasteiger partial charge in [0.2, 0.25) is 11.8 Å². The van der Waals surface area contributed by atoms with Gasteiger partial charge in [-0.1, -0.05) is 30.3 Å². The summed E-state index contributed by atoms with van der Waals surface area (Å²) in [6.07, 6.45) is 0.832. The number of nitrogens with one attached hydrogen (secondary N) is 2. The van der Waals surface area contributed by atoms with Crippen LogP contribution in [0.1, 0.15) is 28.1 Å². The molecule has 0 unspecified atom stereocenters. The largest absolute Gasteiger partial charge is 0.365 e. The van der Waals surface area contributed by atoms with Gasteiger partial charge in [-0.05, 0) is 18.9 Å². The molecule has 3 rings (SSSR count). The number of hydrogen-bond donors (Lipinski definition) is 3. The van der Waals surface area contributed by atoms with E-state index in [0.717, 1.165) is 16.0 Å². The normalized spacial score (nSPS) is 17.0. The third kappa shape index (κ3) is 3.56. The third-order valence-corrected chi connectivity index (χ3v) is 5.29. The zero-order valence-corrected chi connectivity index (χ0v) is 14.6. The van der Waals surface area contributed by atoms with E-state index in [1.807, 2.05) is 37.3 Å². The SMILES string of the molecule is Cc1sc(NC(=O)[C@@H]2CCC(=O)NC2)c(C(N)=O)c1-c1ccccc1. The van der Waals surface area contributed by atoms with Crippen molar-refractivity contribution in [1.29, 1.82) is 0 Å². The second-order valence-corrected chi connectivity index (χ2v) is 7.22. The van der Waals surface area contributed by atoms with Crippen molar-refractivity contribution in [2.45, 2.75) is 19.8 Å². The molecule has 1 atom stereocenters. The van der Waals surface area contributed by atoms with Crippen molar-refractivity contribution < 1.29 is 14.4 Å². The van der Waals surface area contributed by atoms with Crippen LogP contribution < -0.4 is 16.4 Å². The van der Waals surface area contributed by atoms with Crippen LogP contribution in [0.2, 0.25) is 0 Å². The standard InChI is InChI=1S/C18H19N3O3S/c1-10-14(11-5-3-2-4-6-11)15(16(19)23)18(25-10)21-17(24)12-7-8-13(22)20-9-12/h2-6,12H,7-9H2,1H3,(H2,19,23)(H,20,22)(H,21,24)/t12-/m1/s1. The first-order chi connectivity index (χ1) is 12.0. The Labute approximate surface area is 149 Å². The number of piperidine rings is 1. The third-order valence-electron chi connectivity index (χ3n) is 4.27. The molecule has 1 aromatic carbocycles. The Morgan fingerprint density at radius 3 is 2.60 bits per heavy atom. The van der Waals surface area contributed by atoms with E-state index in [9.17, 15) is 14.4 Å². The number of thiophene rings is 1. The number of carbonyl (C=O) groups is 3. The van der Waals surface area contributed by atoms with Gasteiger partial charge in [-0.2, -0.15) is 0 Å². The second-order valence-electron chi connectivity index (χ2n) is 6.00. The molecule has 0 saturated carbocycles. The molecule has 0 spiro atoms. The minimum absolute atomic E-state index is 0.0415. The maximum atomic E-state index is 12.5. The van der Waals surface area contributed by atoms with Gasteiger partial charge in [0.25, 0.3) is 5.91 Å². The van der Waals surface area contributed by atoms with Crippen LogP contribution in [0.4, 0.5) is 5.00 Å². The molecule has 0 radical (unpaired) electrons. The minimum Gasteiger partial charge on any atom is -0.365 e. The van der Waals surface area contributed by atoms with E-state index in [4.69, 9.17) is 5.73 Å². The molecule has 1 aliphatic rings. The van der Waals surface area contributed by atoms with Crippen LogP contribution >= 0.6 is 11.3 Å². The molecular weight excluding hydrogens is 338 g/mol. The number of amides is 3. The molecule has 0 bridgehead atoms. The highest BCUT2D eigenvalue weighted by molar-refractivity contribution is 7.17. The van der Waals surface area contributed by atoms with Crippen molar-refractivity contribution in [3.05, 3.63) is 40.8 Å². The Hall–Kier alpha value is -2.67. The second kappa shape index (κ2) is 7.06. The monoisotopic (exact) mass is 357 g/mol. The van der Waals surface area contributed by atoms with Crippen LogP contribution in [-0.4, -0.2) is 24.3 Å². The highest BCUT2D eigenvalue weighted by Gasteiger charge is 2.28. The van der Waals surface area contributed by atoms with Crippen molar-refractivity contribution in [1.82, 2.24) is 5.32 Å². The van der Waals surface area contributed by atoms with Crippen LogP contribution in [0.15, 0.2) is 30.3 Å². The van der Waals surface area contributed by atoms with Gasteiger partial charge in [0.1, 0.15) is 5.00 Å². The predicted octanol–water partition coefficient (Wildman–Crippen LogP) is 2.29. The molecule has 0 aliphatic carbocycles. The van der Waals surface area contributed by atoms with Crippen molar-refractivity contribution in [3.8, 4) is 11.1 Å². The number of primary amides is 1. The lowest BCUT2D eigenvalue weighted by Gasteiger charge is -2.21. The highest BCUT2D eigenvalue weighted by Crippen LogP contribution is 2.39. The molecule has 130 valence electrons. The molecule has 4 N–H and O–H groups in total. The number of hydrogen-bond acceptors (Lipinski definition) is 4. The fraction of sp³-hybridized carbons (Fsp3) is 0.278. The lowest BCUT2D eigenvalue weighted by molar-refractivity contribution is -0.126. The Bertz CT molecular complexity index is 820. The fourth-order valence-electron chi connectivity index (χ4n) is 2.99. The number of nitrogens with two attached hydrogens (primary N) is 1. The molecule has 3 amide bonds. The van der Waals surface area contributed by atoms with Crippen molar-refractivity contribution in [2.75, 3.05) is 11.9 Å². The molecule has 2 heterocycles. The zero-order chi connectivity index (χ0) is 18.0. The molecule has 1 saturated heterocycles. The summed E-state index contributed by atoms with van der Waals surface area (Å²) in [5.74, 6) is -1.12. The van der Waals surface area contributed by atoms with E-state index >= 15 is 0 Å². The molecule has 1 aliphatic heterocycles. The van der Waals surface area contributed by atoms with Crippen LogP contribution in [0.25, 0.3) is 11.1 Å². The van der Waals surface area contributed by atoms with Crippen molar-refractivity contribution >= 4 is 34.1 Å². The zero-order valence-electron chi connectivity index (χ0n) is 13.8. The molecule has 6 nitrogen and oxygen atoms in total. The molecule has 1 fully saturated rings. The summed E-state index contributed by atoms with van der Waals surface area (Å²) in [5.41, 5.74) is 7.57. The Kier molecular flexibility index (Phi) is 4.85. The molecule has 2 aromatic rings. The van der Waals surface area contributed by atoms with E-state index in [2.05, 4.69) is 10.6 Å². The van der Waals surface area contributed by atoms with Crippen molar-refractivity contribution in [2.24, 2.45) is 11.7 Å². The first-order valence-electron chi connectivity index (χ1n) is 8.03. The van der Waals surface area contributed by atoms with E-state index in [1.165, 1.54) is 11.3 Å². The van der Waals surface area contributed by atoms with Crippen molar-refractivity contribution in [3.63, 3.8) is 0 Å². The van der Waals surface area contributed by atoms with Crippen LogP contribution in [0.5, 0.6) is 0 Å². The van der Waals surface area contributed by atoms with Gasteiger partial charge in [0, 0.05) is 23.4 Å². The quantitative estimate of drug-likeness (QED) is 0.782. The number of aryl methyl sites for hydroxylation is 1. The van der Waals surface area contributed by atoms with Crippen LogP contribution in [0.3, 0.4) is 0 Å². The van der Waals surface area contributed by atoms with Gasteiger partial charge in [0.15, 0.2) is 0 Å². The number of carbonyl (C=O) groups excluding carboxylic acids is 3. The lowest BCUT2D eigenvalue weighted by atomic mass is 9.98. The summed E-state index contributed by atoms with van der Waals surface area (Å²) < 4.78 is 0. The average molecular weight is 357 g/mol. The molecule has 25 heavy (non-hydrogen) atoms. The number of rotatable bonds is 4. The number of anilines is 1. The summed E-state index contributed by atoms with van der Waals surface area (Å²) in [4.78, 5) is 36.7. The summed E-state index contributed by atoms with van der Waals surface area (Å²) in [7, 11) is 0. The Morgan fingerprint density at radius 2 is 2.00 bits per heavy atom. The van der Waals surface area contributed by atoms with E-state index < -0.39 is 5.91 Å². The van der Waals surface area contributed by atoms with Crippen LogP contribution in [-0.2, 0) is 9.59 Å². The van der Waals surface area contributed by atoms with Gasteiger partial charge >= 0.3 is 0 Å². The molecule has 1 aromatic heterocycles. The van der Waals surface area contributed by atoms with E-state index in [-0.39, 0.29) is 17.7 Å². The maximum Gasteiger partial charge on any atom is 0.252 e. The maximum absolute atomic E-state index is 12.5. The summed E-state index contributed by atoms with van der Waals surface area (Å²) in [6, 6.07) is 9.49. The minimum atomic E-state index is -0.574. The molecular formula is C18H19N3O3S. The van der Waals surface area contributed by atoms with Gasteiger partial charge in [-0.3, -0.25) is 14.4 Å². The predicted molar refractivity (Wildman–Crippen MR) is 97.4 cm³/mol. The Balaban J connectivity index is 1.91. The summed E-state index contributed by atoms with van der Waals surface area (Å²) in [5, 5.41) is 5.99. The molecule has 7 heteroatoms. The van der Waals surface area contributed by atoms with E-state index in [0.29, 0.717) is 30.0 Å². The Morgan fingerprint density at radius 1 is 1.28 bits per heavy atom. The first-order valence-corrected chi connectivity index (χ1v) is 8.85. The van der Waals surface area contributed by atoms with E-state index in [1.54, 1.807) is 0 Å². The summed E-state index contributed by atoms with van der Waals surface area (Å²) in [6.45, 7) is 2.21. The lowest BCUT2D eigenvalue weighted by Crippen LogP contribution is -2.40. The van der Waals surface area contributed by atoms with Gasteiger partial charge < -0.3 is 16.4 Å². The summed E-state index contributed by atoms with van der Waals surface area (Å²) >= 11 is 1.34.